The second kappa shape index (κ2) is 4.98. The monoisotopic (exact) mass is 249 g/mol. The van der Waals surface area contributed by atoms with E-state index in [1.807, 2.05) is 48.7 Å². The van der Waals surface area contributed by atoms with E-state index in [0.29, 0.717) is 0 Å². The van der Waals surface area contributed by atoms with Gasteiger partial charge in [0.15, 0.2) is 0 Å². The van der Waals surface area contributed by atoms with Gasteiger partial charge in [0.1, 0.15) is 0 Å². The predicted molar refractivity (Wildman–Crippen MR) is 79.9 cm³/mol. The van der Waals surface area contributed by atoms with Gasteiger partial charge in [-0.2, -0.15) is 0 Å². The minimum Gasteiger partial charge on any atom is -0.399 e. The molecule has 0 spiro atoms. The van der Waals surface area contributed by atoms with Crippen LogP contribution in [0.15, 0.2) is 60.8 Å². The molecule has 3 heteroatoms. The number of rotatable bonds is 3. The van der Waals surface area contributed by atoms with E-state index >= 15 is 0 Å². The van der Waals surface area contributed by atoms with Crippen LogP contribution in [-0.2, 0) is 6.54 Å². The number of aromatic nitrogens is 1. The summed E-state index contributed by atoms with van der Waals surface area (Å²) in [4.78, 5) is 4.31. The molecule has 19 heavy (non-hydrogen) atoms. The van der Waals surface area contributed by atoms with Crippen molar-refractivity contribution in [2.75, 3.05) is 11.1 Å². The summed E-state index contributed by atoms with van der Waals surface area (Å²) in [7, 11) is 0. The second-order valence-electron chi connectivity index (χ2n) is 4.51. The van der Waals surface area contributed by atoms with Crippen molar-refractivity contribution in [2.24, 2.45) is 0 Å². The third-order valence-electron chi connectivity index (χ3n) is 3.08. The van der Waals surface area contributed by atoms with Crippen LogP contribution in [0.1, 0.15) is 5.56 Å². The first-order valence-electron chi connectivity index (χ1n) is 6.24. The van der Waals surface area contributed by atoms with E-state index in [-0.39, 0.29) is 0 Å². The SMILES string of the molecule is Nc1ccc(CNc2ccc3ncccc3c2)cc1. The molecule has 3 N–H and O–H groups in total. The van der Waals surface area contributed by atoms with Crippen molar-refractivity contribution in [1.29, 1.82) is 0 Å². The van der Waals surface area contributed by atoms with Gasteiger partial charge in [0.2, 0.25) is 0 Å². The summed E-state index contributed by atoms with van der Waals surface area (Å²) in [5.74, 6) is 0. The molecule has 1 aromatic heterocycles. The maximum Gasteiger partial charge on any atom is 0.0703 e. The topological polar surface area (TPSA) is 50.9 Å². The summed E-state index contributed by atoms with van der Waals surface area (Å²) in [6.07, 6.45) is 1.81. The second-order valence-corrected chi connectivity index (χ2v) is 4.51. The number of anilines is 2. The number of hydrogen-bond donors (Lipinski definition) is 2. The van der Waals surface area contributed by atoms with E-state index in [9.17, 15) is 0 Å². The molecular weight excluding hydrogens is 234 g/mol. The average Bonchev–Trinajstić information content (AvgIpc) is 2.46. The standard InChI is InChI=1S/C16H15N3/c17-14-5-3-12(4-6-14)11-19-15-7-8-16-13(10-15)2-1-9-18-16/h1-10,19H,11,17H2. The highest BCUT2D eigenvalue weighted by atomic mass is 14.9. The molecule has 0 aliphatic carbocycles. The first kappa shape index (κ1) is 11.5. The number of nitrogens with zero attached hydrogens (tertiary/aromatic N) is 1. The molecule has 0 saturated carbocycles. The fraction of sp³-hybridized carbons (Fsp3) is 0.0625. The molecule has 0 amide bonds. The molecular formula is C16H15N3. The lowest BCUT2D eigenvalue weighted by Gasteiger charge is -2.07. The minimum atomic E-state index is 0.784. The zero-order valence-corrected chi connectivity index (χ0v) is 10.5. The van der Waals surface area contributed by atoms with Crippen molar-refractivity contribution in [1.82, 2.24) is 4.98 Å². The van der Waals surface area contributed by atoms with Crippen molar-refractivity contribution in [2.45, 2.75) is 6.54 Å². The lowest BCUT2D eigenvalue weighted by Crippen LogP contribution is -1.99. The van der Waals surface area contributed by atoms with Crippen LogP contribution in [0.4, 0.5) is 11.4 Å². The van der Waals surface area contributed by atoms with Gasteiger partial charge in [0.05, 0.1) is 5.52 Å². The van der Waals surface area contributed by atoms with E-state index in [0.717, 1.165) is 28.8 Å². The lowest BCUT2D eigenvalue weighted by molar-refractivity contribution is 1.15. The van der Waals surface area contributed by atoms with E-state index in [1.165, 1.54) is 5.56 Å². The number of pyridine rings is 1. The predicted octanol–water partition coefficient (Wildman–Crippen LogP) is 3.43. The first-order chi connectivity index (χ1) is 9.31. The molecule has 3 aromatic rings. The normalized spacial score (nSPS) is 10.5. The third kappa shape index (κ3) is 2.65. The van der Waals surface area contributed by atoms with Crippen molar-refractivity contribution < 1.29 is 0 Å². The summed E-state index contributed by atoms with van der Waals surface area (Å²) < 4.78 is 0. The fourth-order valence-corrected chi connectivity index (χ4v) is 2.03. The van der Waals surface area contributed by atoms with Gasteiger partial charge in [-0.3, -0.25) is 4.98 Å². The lowest BCUT2D eigenvalue weighted by atomic mass is 10.2. The van der Waals surface area contributed by atoms with Crippen LogP contribution in [0, 0.1) is 0 Å². The van der Waals surface area contributed by atoms with Gasteiger partial charge in [-0.25, -0.2) is 0 Å². The maximum atomic E-state index is 5.67. The van der Waals surface area contributed by atoms with E-state index in [4.69, 9.17) is 5.73 Å². The van der Waals surface area contributed by atoms with Gasteiger partial charge >= 0.3 is 0 Å². The van der Waals surface area contributed by atoms with Crippen LogP contribution in [0.25, 0.3) is 10.9 Å². The van der Waals surface area contributed by atoms with Crippen LogP contribution in [0.2, 0.25) is 0 Å². The maximum absolute atomic E-state index is 5.67. The molecule has 0 saturated heterocycles. The smallest absolute Gasteiger partial charge is 0.0703 e. The summed E-state index contributed by atoms with van der Waals surface area (Å²) in [5.41, 5.74) is 9.78. The Hall–Kier alpha value is -2.55. The number of nitrogen functional groups attached to an aromatic ring is 1. The number of benzene rings is 2. The molecule has 0 fully saturated rings. The summed E-state index contributed by atoms with van der Waals surface area (Å²) in [6, 6.07) is 18.1. The Kier molecular flexibility index (Phi) is 3.02. The molecule has 0 atom stereocenters. The summed E-state index contributed by atoms with van der Waals surface area (Å²) >= 11 is 0. The number of fused-ring (bicyclic) bond motifs is 1. The van der Waals surface area contributed by atoms with Crippen LogP contribution in [-0.4, -0.2) is 4.98 Å². The molecule has 3 rings (SSSR count). The molecule has 3 nitrogen and oxygen atoms in total. The highest BCUT2D eigenvalue weighted by Crippen LogP contribution is 2.17. The highest BCUT2D eigenvalue weighted by Gasteiger charge is 1.97. The largest absolute Gasteiger partial charge is 0.399 e. The Morgan fingerprint density at radius 1 is 1.00 bits per heavy atom. The molecule has 1 heterocycles. The van der Waals surface area contributed by atoms with Crippen molar-refractivity contribution in [3.05, 3.63) is 66.4 Å². The van der Waals surface area contributed by atoms with Crippen LogP contribution in [0.5, 0.6) is 0 Å². The Morgan fingerprint density at radius 2 is 1.84 bits per heavy atom. The fourth-order valence-electron chi connectivity index (χ4n) is 2.03. The molecule has 0 aliphatic heterocycles. The third-order valence-corrected chi connectivity index (χ3v) is 3.08. The van der Waals surface area contributed by atoms with Crippen LogP contribution < -0.4 is 11.1 Å². The van der Waals surface area contributed by atoms with E-state index in [1.54, 1.807) is 0 Å². The summed E-state index contributed by atoms with van der Waals surface area (Å²) in [6.45, 7) is 0.784. The molecule has 94 valence electrons. The van der Waals surface area contributed by atoms with E-state index in [2.05, 4.69) is 22.4 Å². The number of nitrogens with one attached hydrogen (secondary N) is 1. The molecule has 0 aliphatic rings. The molecule has 2 aromatic carbocycles. The Morgan fingerprint density at radius 3 is 2.68 bits per heavy atom. The van der Waals surface area contributed by atoms with Gasteiger partial charge in [0.25, 0.3) is 0 Å². The summed E-state index contributed by atoms with van der Waals surface area (Å²) in [5, 5.41) is 4.55. The molecule has 0 radical (unpaired) electrons. The quantitative estimate of drug-likeness (QED) is 0.699. The average molecular weight is 249 g/mol. The van der Waals surface area contributed by atoms with Gasteiger partial charge in [-0.15, -0.1) is 0 Å². The van der Waals surface area contributed by atoms with Gasteiger partial charge in [-0.1, -0.05) is 18.2 Å². The van der Waals surface area contributed by atoms with E-state index < -0.39 is 0 Å². The minimum absolute atomic E-state index is 0.784. The van der Waals surface area contributed by atoms with Crippen LogP contribution >= 0.6 is 0 Å². The molecule has 0 unspecified atom stereocenters. The van der Waals surface area contributed by atoms with Gasteiger partial charge in [-0.05, 0) is 42.0 Å². The Bertz CT molecular complexity index is 690. The Balaban J connectivity index is 1.76. The zero-order chi connectivity index (χ0) is 13.1. The highest BCUT2D eigenvalue weighted by molar-refractivity contribution is 5.82. The van der Waals surface area contributed by atoms with Crippen molar-refractivity contribution in [3.63, 3.8) is 0 Å². The molecule has 0 bridgehead atoms. The van der Waals surface area contributed by atoms with Crippen molar-refractivity contribution >= 4 is 22.3 Å². The van der Waals surface area contributed by atoms with Gasteiger partial charge < -0.3 is 11.1 Å². The van der Waals surface area contributed by atoms with Crippen molar-refractivity contribution in [3.8, 4) is 0 Å². The number of hydrogen-bond acceptors (Lipinski definition) is 3. The van der Waals surface area contributed by atoms with Gasteiger partial charge in [0, 0.05) is 29.5 Å². The number of nitrogens with two attached hydrogens (primary N) is 1. The zero-order valence-electron chi connectivity index (χ0n) is 10.5. The Labute approximate surface area is 112 Å². The van der Waals surface area contributed by atoms with Crippen LogP contribution in [0.3, 0.4) is 0 Å². The first-order valence-corrected chi connectivity index (χ1v) is 6.24.